The van der Waals surface area contributed by atoms with E-state index in [0.717, 1.165) is 17.8 Å². The van der Waals surface area contributed by atoms with Gasteiger partial charge in [-0.1, -0.05) is 11.6 Å². The van der Waals surface area contributed by atoms with Crippen LogP contribution in [0.15, 0.2) is 29.0 Å². The number of nitrogens with zero attached hydrogens (tertiary/aromatic N) is 3. The Labute approximate surface area is 106 Å². The summed E-state index contributed by atoms with van der Waals surface area (Å²) in [5.74, 6) is 1.77. The van der Waals surface area contributed by atoms with E-state index in [1.807, 2.05) is 19.2 Å². The van der Waals surface area contributed by atoms with Gasteiger partial charge in [0.1, 0.15) is 0 Å². The summed E-state index contributed by atoms with van der Waals surface area (Å²) < 4.78 is 5.34. The van der Waals surface area contributed by atoms with E-state index >= 15 is 0 Å². The molecule has 0 aliphatic heterocycles. The fourth-order valence-corrected chi connectivity index (χ4v) is 2.61. The summed E-state index contributed by atoms with van der Waals surface area (Å²) in [7, 11) is 1.99. The molecule has 2 atom stereocenters. The highest BCUT2D eigenvalue weighted by molar-refractivity contribution is 5.51. The van der Waals surface area contributed by atoms with Gasteiger partial charge in [-0.05, 0) is 32.0 Å². The number of hydrogen-bond donors (Lipinski definition) is 1. The molecule has 94 valence electrons. The fraction of sp³-hybridized carbons (Fsp3) is 0.462. The van der Waals surface area contributed by atoms with E-state index < -0.39 is 0 Å². The zero-order valence-electron chi connectivity index (χ0n) is 10.3. The van der Waals surface area contributed by atoms with Crippen molar-refractivity contribution in [3.05, 3.63) is 30.4 Å². The van der Waals surface area contributed by atoms with Gasteiger partial charge in [-0.2, -0.15) is 4.98 Å². The van der Waals surface area contributed by atoms with Crippen molar-refractivity contribution in [3.8, 4) is 11.5 Å². The standard InChI is InChI=1S/C13H16N4O/c1-14-11-4-2-3-10(11)12-16-13(18-17-12)9-5-7-15-8-6-9/h5-8,10-11,14H,2-4H2,1H3/t10-,11+/m1/s1. The average Bonchev–Trinajstić information content (AvgIpc) is 3.08. The van der Waals surface area contributed by atoms with E-state index in [9.17, 15) is 0 Å². The summed E-state index contributed by atoms with van der Waals surface area (Å²) in [6, 6.07) is 4.22. The Morgan fingerprint density at radius 2 is 2.11 bits per heavy atom. The second-order valence-corrected chi connectivity index (χ2v) is 4.63. The molecule has 2 heterocycles. The highest BCUT2D eigenvalue weighted by Gasteiger charge is 2.31. The van der Waals surface area contributed by atoms with E-state index in [-0.39, 0.29) is 0 Å². The van der Waals surface area contributed by atoms with Crippen LogP contribution in [0.4, 0.5) is 0 Å². The van der Waals surface area contributed by atoms with Gasteiger partial charge in [0.15, 0.2) is 5.82 Å². The molecule has 18 heavy (non-hydrogen) atoms. The zero-order valence-corrected chi connectivity index (χ0v) is 10.3. The maximum Gasteiger partial charge on any atom is 0.258 e. The molecule has 3 rings (SSSR count). The first-order valence-corrected chi connectivity index (χ1v) is 6.30. The molecule has 0 spiro atoms. The second kappa shape index (κ2) is 4.86. The van der Waals surface area contributed by atoms with Crippen LogP contribution >= 0.6 is 0 Å². The van der Waals surface area contributed by atoms with Crippen molar-refractivity contribution < 1.29 is 4.52 Å². The molecule has 1 aliphatic carbocycles. The number of pyridine rings is 1. The molecule has 5 nitrogen and oxygen atoms in total. The average molecular weight is 244 g/mol. The lowest BCUT2D eigenvalue weighted by Gasteiger charge is -2.14. The van der Waals surface area contributed by atoms with Gasteiger partial charge in [0, 0.05) is 29.9 Å². The smallest absolute Gasteiger partial charge is 0.258 e. The molecule has 0 bridgehead atoms. The first-order valence-electron chi connectivity index (χ1n) is 6.30. The molecule has 1 fully saturated rings. The molecule has 0 unspecified atom stereocenters. The van der Waals surface area contributed by atoms with Crippen LogP contribution < -0.4 is 5.32 Å². The van der Waals surface area contributed by atoms with Crippen molar-refractivity contribution in [2.75, 3.05) is 7.05 Å². The second-order valence-electron chi connectivity index (χ2n) is 4.63. The SMILES string of the molecule is CN[C@H]1CCC[C@H]1c1noc(-c2ccncc2)n1. The normalized spacial score (nSPS) is 23.4. The highest BCUT2D eigenvalue weighted by Crippen LogP contribution is 2.33. The van der Waals surface area contributed by atoms with Gasteiger partial charge in [-0.3, -0.25) is 4.98 Å². The maximum atomic E-state index is 5.34. The van der Waals surface area contributed by atoms with Gasteiger partial charge in [0.05, 0.1) is 0 Å². The minimum Gasteiger partial charge on any atom is -0.334 e. The van der Waals surface area contributed by atoms with Gasteiger partial charge in [0.25, 0.3) is 5.89 Å². The van der Waals surface area contributed by atoms with Gasteiger partial charge in [0.2, 0.25) is 0 Å². The van der Waals surface area contributed by atoms with Crippen molar-refractivity contribution in [1.82, 2.24) is 20.4 Å². The number of hydrogen-bond acceptors (Lipinski definition) is 5. The Balaban J connectivity index is 1.86. The lowest BCUT2D eigenvalue weighted by molar-refractivity contribution is 0.405. The molecule has 0 amide bonds. The molecule has 0 radical (unpaired) electrons. The van der Waals surface area contributed by atoms with Crippen LogP contribution in [0.5, 0.6) is 0 Å². The maximum absolute atomic E-state index is 5.34. The Morgan fingerprint density at radius 3 is 2.89 bits per heavy atom. The number of nitrogens with one attached hydrogen (secondary N) is 1. The largest absolute Gasteiger partial charge is 0.334 e. The quantitative estimate of drug-likeness (QED) is 0.894. The molecule has 5 heteroatoms. The Morgan fingerprint density at radius 1 is 1.28 bits per heavy atom. The number of likely N-dealkylation sites (N-methyl/N-ethyl adjacent to an activating group) is 1. The summed E-state index contributed by atoms with van der Waals surface area (Å²) in [6.07, 6.45) is 6.98. The van der Waals surface area contributed by atoms with E-state index in [1.54, 1.807) is 12.4 Å². The molecular weight excluding hydrogens is 228 g/mol. The Hall–Kier alpha value is -1.75. The third kappa shape index (κ3) is 2.01. The summed E-state index contributed by atoms with van der Waals surface area (Å²) in [6.45, 7) is 0. The van der Waals surface area contributed by atoms with Crippen LogP contribution in [0.2, 0.25) is 0 Å². The summed E-state index contributed by atoms with van der Waals surface area (Å²) >= 11 is 0. The lowest BCUT2D eigenvalue weighted by atomic mass is 10.0. The van der Waals surface area contributed by atoms with Crippen molar-refractivity contribution in [1.29, 1.82) is 0 Å². The van der Waals surface area contributed by atoms with Crippen LogP contribution in [0.3, 0.4) is 0 Å². The van der Waals surface area contributed by atoms with E-state index in [0.29, 0.717) is 17.9 Å². The monoisotopic (exact) mass is 244 g/mol. The fourth-order valence-electron chi connectivity index (χ4n) is 2.61. The first kappa shape index (κ1) is 11.3. The number of rotatable bonds is 3. The summed E-state index contributed by atoms with van der Waals surface area (Å²) in [5.41, 5.74) is 0.919. The van der Waals surface area contributed by atoms with E-state index in [4.69, 9.17) is 4.52 Å². The Bertz CT molecular complexity index is 511. The zero-order chi connectivity index (χ0) is 12.4. The molecule has 1 saturated carbocycles. The molecule has 2 aromatic rings. The molecule has 2 aromatic heterocycles. The van der Waals surface area contributed by atoms with Crippen molar-refractivity contribution in [2.45, 2.75) is 31.2 Å². The third-order valence-corrected chi connectivity index (χ3v) is 3.59. The lowest BCUT2D eigenvalue weighted by Crippen LogP contribution is -2.28. The van der Waals surface area contributed by atoms with Crippen LogP contribution in [0.1, 0.15) is 31.0 Å². The predicted octanol–water partition coefficient (Wildman–Crippen LogP) is 1.99. The Kier molecular flexibility index (Phi) is 3.06. The highest BCUT2D eigenvalue weighted by atomic mass is 16.5. The molecule has 0 aromatic carbocycles. The van der Waals surface area contributed by atoms with Gasteiger partial charge in [-0.25, -0.2) is 0 Å². The first-order chi connectivity index (χ1) is 8.88. The van der Waals surface area contributed by atoms with Gasteiger partial charge in [-0.15, -0.1) is 0 Å². The summed E-state index contributed by atoms with van der Waals surface area (Å²) in [5, 5.41) is 7.46. The number of aromatic nitrogens is 3. The van der Waals surface area contributed by atoms with E-state index in [2.05, 4.69) is 20.4 Å². The van der Waals surface area contributed by atoms with Crippen molar-refractivity contribution >= 4 is 0 Å². The summed E-state index contributed by atoms with van der Waals surface area (Å²) in [4.78, 5) is 8.50. The van der Waals surface area contributed by atoms with Crippen LogP contribution in [0, 0.1) is 0 Å². The molecule has 0 saturated heterocycles. The van der Waals surface area contributed by atoms with E-state index in [1.165, 1.54) is 12.8 Å². The van der Waals surface area contributed by atoms with Crippen LogP contribution in [0.25, 0.3) is 11.5 Å². The van der Waals surface area contributed by atoms with Crippen LogP contribution in [-0.2, 0) is 0 Å². The predicted molar refractivity (Wildman–Crippen MR) is 67.0 cm³/mol. The molecular formula is C13H16N4O. The topological polar surface area (TPSA) is 63.8 Å². The minimum atomic E-state index is 0.370. The molecule has 1 N–H and O–H groups in total. The molecule has 1 aliphatic rings. The van der Waals surface area contributed by atoms with Gasteiger partial charge >= 0.3 is 0 Å². The van der Waals surface area contributed by atoms with Crippen molar-refractivity contribution in [2.24, 2.45) is 0 Å². The van der Waals surface area contributed by atoms with Crippen LogP contribution in [-0.4, -0.2) is 28.2 Å². The van der Waals surface area contributed by atoms with Crippen molar-refractivity contribution in [3.63, 3.8) is 0 Å². The third-order valence-electron chi connectivity index (χ3n) is 3.59. The van der Waals surface area contributed by atoms with Gasteiger partial charge < -0.3 is 9.84 Å². The minimum absolute atomic E-state index is 0.370.